The van der Waals surface area contributed by atoms with Gasteiger partial charge in [-0.15, -0.1) is 0 Å². The van der Waals surface area contributed by atoms with Crippen LogP contribution in [0.4, 0.5) is 0 Å². The zero-order valence-electron chi connectivity index (χ0n) is 8.69. The van der Waals surface area contributed by atoms with Gasteiger partial charge in [0.1, 0.15) is 5.04 Å². The molecule has 0 saturated carbocycles. The van der Waals surface area contributed by atoms with Gasteiger partial charge in [-0.25, -0.2) is 0 Å². The fraction of sp³-hybridized carbons (Fsp3) is 0.364. The molecule has 0 radical (unpaired) electrons. The van der Waals surface area contributed by atoms with Crippen molar-refractivity contribution in [1.29, 1.82) is 0 Å². The summed E-state index contributed by atoms with van der Waals surface area (Å²) in [6.07, 6.45) is 0. The van der Waals surface area contributed by atoms with Crippen molar-refractivity contribution in [3.63, 3.8) is 0 Å². The summed E-state index contributed by atoms with van der Waals surface area (Å²) in [4.78, 5) is 1.11. The Labute approximate surface area is 89.0 Å². The van der Waals surface area contributed by atoms with Gasteiger partial charge in [0.15, 0.2) is 0 Å². The third-order valence-corrected chi connectivity index (χ3v) is 3.11. The van der Waals surface area contributed by atoms with Crippen LogP contribution in [-0.2, 0) is 0 Å². The smallest absolute Gasteiger partial charge is 0.120 e. The molecule has 0 fully saturated rings. The standard InChI is InChI=1S/C11H15NOS/c1-8(2)11(12-13)14-10-6-4-9(3)5-7-10/h4-8,13H,1-3H3. The van der Waals surface area contributed by atoms with E-state index in [0.717, 1.165) is 9.94 Å². The molecule has 0 aliphatic rings. The van der Waals surface area contributed by atoms with Gasteiger partial charge in [-0.05, 0) is 19.1 Å². The van der Waals surface area contributed by atoms with Crippen molar-refractivity contribution in [2.24, 2.45) is 11.1 Å². The number of rotatable bonds is 2. The highest BCUT2D eigenvalue weighted by Crippen LogP contribution is 2.23. The number of nitrogens with zero attached hydrogens (tertiary/aromatic N) is 1. The maximum absolute atomic E-state index is 8.78. The Bertz CT molecular complexity index is 317. The lowest BCUT2D eigenvalue weighted by molar-refractivity contribution is 0.318. The molecule has 0 amide bonds. The van der Waals surface area contributed by atoms with Crippen molar-refractivity contribution in [2.75, 3.05) is 0 Å². The molecule has 0 atom stereocenters. The van der Waals surface area contributed by atoms with Crippen molar-refractivity contribution in [1.82, 2.24) is 0 Å². The lowest BCUT2D eigenvalue weighted by Gasteiger charge is -2.06. The quantitative estimate of drug-likeness (QED) is 0.266. The van der Waals surface area contributed by atoms with E-state index >= 15 is 0 Å². The molecule has 0 saturated heterocycles. The van der Waals surface area contributed by atoms with Crippen LogP contribution in [0.15, 0.2) is 34.3 Å². The van der Waals surface area contributed by atoms with Gasteiger partial charge in [-0.2, -0.15) is 0 Å². The first-order valence-corrected chi connectivity index (χ1v) is 5.41. The van der Waals surface area contributed by atoms with E-state index < -0.39 is 0 Å². The third kappa shape index (κ3) is 3.07. The van der Waals surface area contributed by atoms with Crippen LogP contribution in [0, 0.1) is 12.8 Å². The van der Waals surface area contributed by atoms with Crippen LogP contribution in [-0.4, -0.2) is 10.3 Å². The van der Waals surface area contributed by atoms with Crippen LogP contribution < -0.4 is 0 Å². The Morgan fingerprint density at radius 2 is 1.86 bits per heavy atom. The molecule has 0 aliphatic heterocycles. The molecule has 3 heteroatoms. The first-order valence-electron chi connectivity index (χ1n) is 4.60. The maximum atomic E-state index is 8.78. The topological polar surface area (TPSA) is 32.6 Å². The average Bonchev–Trinajstić information content (AvgIpc) is 2.16. The summed E-state index contributed by atoms with van der Waals surface area (Å²) in [7, 11) is 0. The van der Waals surface area contributed by atoms with Crippen molar-refractivity contribution in [3.05, 3.63) is 29.8 Å². The maximum Gasteiger partial charge on any atom is 0.120 e. The molecule has 1 rings (SSSR count). The van der Waals surface area contributed by atoms with Gasteiger partial charge < -0.3 is 5.21 Å². The van der Waals surface area contributed by atoms with Gasteiger partial charge in [-0.1, -0.05) is 48.5 Å². The van der Waals surface area contributed by atoms with Crippen LogP contribution in [0.1, 0.15) is 19.4 Å². The van der Waals surface area contributed by atoms with E-state index in [-0.39, 0.29) is 5.92 Å². The van der Waals surface area contributed by atoms with Crippen LogP contribution in [0.2, 0.25) is 0 Å². The van der Waals surface area contributed by atoms with Crippen LogP contribution in [0.3, 0.4) is 0 Å². The molecule has 2 nitrogen and oxygen atoms in total. The van der Waals surface area contributed by atoms with Gasteiger partial charge in [0, 0.05) is 10.8 Å². The highest BCUT2D eigenvalue weighted by atomic mass is 32.2. The van der Waals surface area contributed by atoms with Gasteiger partial charge in [0.2, 0.25) is 0 Å². The van der Waals surface area contributed by atoms with Crippen LogP contribution in [0.5, 0.6) is 0 Å². The molecule has 76 valence electrons. The van der Waals surface area contributed by atoms with Gasteiger partial charge in [0.05, 0.1) is 0 Å². The Morgan fingerprint density at radius 3 is 2.29 bits per heavy atom. The van der Waals surface area contributed by atoms with E-state index in [9.17, 15) is 0 Å². The zero-order chi connectivity index (χ0) is 10.6. The Hall–Kier alpha value is -0.960. The summed E-state index contributed by atoms with van der Waals surface area (Å²) in [6, 6.07) is 8.18. The van der Waals surface area contributed by atoms with Gasteiger partial charge in [0.25, 0.3) is 0 Å². The normalized spacial score (nSPS) is 12.1. The Balaban J connectivity index is 2.73. The number of aryl methyl sites for hydroxylation is 1. The second-order valence-corrected chi connectivity index (χ2v) is 4.60. The first kappa shape index (κ1) is 11.1. The predicted molar refractivity (Wildman–Crippen MR) is 61.1 cm³/mol. The predicted octanol–water partition coefficient (Wildman–Crippen LogP) is 3.53. The summed E-state index contributed by atoms with van der Waals surface area (Å²) in [5, 5.41) is 12.8. The Kier molecular flexibility index (Phi) is 4.01. The summed E-state index contributed by atoms with van der Waals surface area (Å²) in [6.45, 7) is 6.07. The molecular weight excluding hydrogens is 194 g/mol. The molecule has 0 aromatic heterocycles. The Morgan fingerprint density at radius 1 is 1.29 bits per heavy atom. The monoisotopic (exact) mass is 209 g/mol. The van der Waals surface area contributed by atoms with E-state index in [0.29, 0.717) is 0 Å². The first-order chi connectivity index (χ1) is 6.63. The third-order valence-electron chi connectivity index (χ3n) is 1.84. The molecule has 0 aliphatic carbocycles. The van der Waals surface area contributed by atoms with E-state index in [4.69, 9.17) is 5.21 Å². The van der Waals surface area contributed by atoms with E-state index in [1.54, 1.807) is 0 Å². The molecule has 1 N–H and O–H groups in total. The van der Waals surface area contributed by atoms with Crippen molar-refractivity contribution in [3.8, 4) is 0 Å². The molecule has 0 unspecified atom stereocenters. The fourth-order valence-corrected chi connectivity index (χ4v) is 1.77. The molecule has 0 spiro atoms. The number of thioether (sulfide) groups is 1. The van der Waals surface area contributed by atoms with Crippen LogP contribution in [0.25, 0.3) is 0 Å². The highest BCUT2D eigenvalue weighted by molar-refractivity contribution is 8.14. The second-order valence-electron chi connectivity index (χ2n) is 3.51. The number of hydrogen-bond acceptors (Lipinski definition) is 3. The van der Waals surface area contributed by atoms with Gasteiger partial charge >= 0.3 is 0 Å². The second kappa shape index (κ2) is 5.05. The summed E-state index contributed by atoms with van der Waals surface area (Å²) >= 11 is 1.51. The summed E-state index contributed by atoms with van der Waals surface area (Å²) in [5.74, 6) is 0.256. The number of hydrogen-bond donors (Lipinski definition) is 1. The van der Waals surface area contributed by atoms with E-state index in [1.165, 1.54) is 17.3 Å². The minimum atomic E-state index is 0.256. The molecule has 1 aromatic rings. The SMILES string of the molecule is Cc1ccc(SC(=NO)C(C)C)cc1. The van der Waals surface area contributed by atoms with E-state index in [2.05, 4.69) is 24.2 Å². The molecular formula is C11H15NOS. The minimum absolute atomic E-state index is 0.256. The average molecular weight is 209 g/mol. The largest absolute Gasteiger partial charge is 0.410 e. The summed E-state index contributed by atoms with van der Waals surface area (Å²) in [5.41, 5.74) is 1.24. The minimum Gasteiger partial charge on any atom is -0.410 e. The number of oxime groups is 1. The lowest BCUT2D eigenvalue weighted by Crippen LogP contribution is -2.01. The van der Waals surface area contributed by atoms with Crippen molar-refractivity contribution in [2.45, 2.75) is 25.7 Å². The zero-order valence-corrected chi connectivity index (χ0v) is 9.51. The van der Waals surface area contributed by atoms with E-state index in [1.807, 2.05) is 26.0 Å². The van der Waals surface area contributed by atoms with Crippen LogP contribution >= 0.6 is 11.8 Å². The van der Waals surface area contributed by atoms with Crippen molar-refractivity contribution < 1.29 is 5.21 Å². The van der Waals surface area contributed by atoms with Gasteiger partial charge in [-0.3, -0.25) is 0 Å². The summed E-state index contributed by atoms with van der Waals surface area (Å²) < 4.78 is 0. The highest BCUT2D eigenvalue weighted by Gasteiger charge is 2.07. The molecule has 0 bridgehead atoms. The van der Waals surface area contributed by atoms with Crippen molar-refractivity contribution >= 4 is 16.8 Å². The molecule has 0 heterocycles. The number of benzene rings is 1. The molecule has 14 heavy (non-hydrogen) atoms. The fourth-order valence-electron chi connectivity index (χ4n) is 0.981. The lowest BCUT2D eigenvalue weighted by atomic mass is 10.2. The molecule has 1 aromatic carbocycles.